The van der Waals surface area contributed by atoms with Gasteiger partial charge in [0.2, 0.25) is 0 Å². The molecule has 10 heavy (non-hydrogen) atoms. The van der Waals surface area contributed by atoms with E-state index in [1.165, 1.54) is 0 Å². The molecule has 0 aliphatic heterocycles. The Morgan fingerprint density at radius 3 is 1.70 bits per heavy atom. The molecule has 4 heteroatoms. The number of hydrogen-bond acceptors (Lipinski definition) is 2. The van der Waals surface area contributed by atoms with Crippen molar-refractivity contribution in [2.24, 2.45) is 0 Å². The molecule has 0 bridgehead atoms. The highest BCUT2D eigenvalue weighted by Gasteiger charge is 2.25. The maximum Gasteiger partial charge on any atom is 0.187 e. The van der Waals surface area contributed by atoms with E-state index in [4.69, 9.17) is 8.85 Å². The van der Waals surface area contributed by atoms with Crippen LogP contribution in [-0.4, -0.2) is 24.6 Å². The average Bonchev–Trinajstić information content (AvgIpc) is 1.60. The fourth-order valence-electron chi connectivity index (χ4n) is 0.779. The standard InChI is InChI=1S/C6H18O2Si2/c1-6(2,7-9)8-10(3,4)5/h1-5,9H3. The summed E-state index contributed by atoms with van der Waals surface area (Å²) in [6.07, 6.45) is 0. The zero-order chi connectivity index (χ0) is 8.41. The van der Waals surface area contributed by atoms with Crippen LogP contribution in [0.4, 0.5) is 0 Å². The third-order valence-electron chi connectivity index (χ3n) is 1.04. The van der Waals surface area contributed by atoms with Gasteiger partial charge in [-0.25, -0.2) is 0 Å². The molecule has 0 rings (SSSR count). The first kappa shape index (κ1) is 10.4. The highest BCUT2D eigenvalue weighted by molar-refractivity contribution is 6.69. The van der Waals surface area contributed by atoms with Gasteiger partial charge in [0.05, 0.1) is 0 Å². The van der Waals surface area contributed by atoms with Crippen LogP contribution >= 0.6 is 0 Å². The Labute approximate surface area is 67.6 Å². The molecule has 0 atom stereocenters. The van der Waals surface area contributed by atoms with Crippen molar-refractivity contribution in [3.05, 3.63) is 0 Å². The lowest BCUT2D eigenvalue weighted by Crippen LogP contribution is -2.39. The summed E-state index contributed by atoms with van der Waals surface area (Å²) in [4.78, 5) is 0. The Morgan fingerprint density at radius 1 is 1.20 bits per heavy atom. The predicted molar refractivity (Wildman–Crippen MR) is 49.5 cm³/mol. The topological polar surface area (TPSA) is 18.5 Å². The molecule has 0 aliphatic rings. The zero-order valence-corrected chi connectivity index (χ0v) is 10.8. The quantitative estimate of drug-likeness (QED) is 0.472. The Hall–Kier alpha value is 0.354. The summed E-state index contributed by atoms with van der Waals surface area (Å²) in [5, 5.41) is 0. The van der Waals surface area contributed by atoms with Gasteiger partial charge in [-0.05, 0) is 33.5 Å². The summed E-state index contributed by atoms with van der Waals surface area (Å²) in [6.45, 7) is 10.4. The van der Waals surface area contributed by atoms with Gasteiger partial charge in [0, 0.05) is 0 Å². The summed E-state index contributed by atoms with van der Waals surface area (Å²) in [7, 11) is -0.678. The van der Waals surface area contributed by atoms with Crippen molar-refractivity contribution >= 4 is 18.8 Å². The largest absolute Gasteiger partial charge is 0.403 e. The molecule has 2 nitrogen and oxygen atoms in total. The van der Waals surface area contributed by atoms with E-state index < -0.39 is 8.32 Å². The molecule has 62 valence electrons. The van der Waals surface area contributed by atoms with Gasteiger partial charge in [0.1, 0.15) is 16.3 Å². The normalized spacial score (nSPS) is 14.1. The molecule has 0 aromatic rings. The van der Waals surface area contributed by atoms with E-state index in [0.717, 1.165) is 10.5 Å². The Balaban J connectivity index is 3.89. The molecule has 0 saturated heterocycles. The maximum atomic E-state index is 5.73. The van der Waals surface area contributed by atoms with Crippen molar-refractivity contribution in [3.63, 3.8) is 0 Å². The van der Waals surface area contributed by atoms with Crippen LogP contribution in [0.3, 0.4) is 0 Å². The SMILES string of the molecule is CC(C)(O[SiH3])O[Si](C)(C)C. The predicted octanol–water partition coefficient (Wildman–Crippen LogP) is 0.871. The number of rotatable bonds is 3. The molecule has 0 amide bonds. The molecule has 0 unspecified atom stereocenters. The summed E-state index contributed by atoms with van der Waals surface area (Å²) in [5.41, 5.74) is 0. The molecule has 0 radical (unpaired) electrons. The van der Waals surface area contributed by atoms with E-state index in [1.807, 2.05) is 13.8 Å². The van der Waals surface area contributed by atoms with Crippen LogP contribution in [0, 0.1) is 0 Å². The minimum atomic E-state index is -1.42. The van der Waals surface area contributed by atoms with E-state index in [9.17, 15) is 0 Å². The Kier molecular flexibility index (Phi) is 3.28. The van der Waals surface area contributed by atoms with Crippen LogP contribution in [0.5, 0.6) is 0 Å². The summed E-state index contributed by atoms with van der Waals surface area (Å²) < 4.78 is 11.0. The smallest absolute Gasteiger partial charge is 0.187 e. The summed E-state index contributed by atoms with van der Waals surface area (Å²) in [6, 6.07) is 0. The second kappa shape index (κ2) is 3.17. The van der Waals surface area contributed by atoms with Gasteiger partial charge in [-0.15, -0.1) is 0 Å². The molecule has 0 saturated carbocycles. The molecule has 0 heterocycles. The summed E-state index contributed by atoms with van der Waals surface area (Å²) in [5.74, 6) is -0.351. The van der Waals surface area contributed by atoms with Crippen molar-refractivity contribution in [2.45, 2.75) is 39.3 Å². The van der Waals surface area contributed by atoms with Crippen LogP contribution in [0.1, 0.15) is 13.8 Å². The Morgan fingerprint density at radius 2 is 1.60 bits per heavy atom. The van der Waals surface area contributed by atoms with Gasteiger partial charge in [-0.1, -0.05) is 0 Å². The monoisotopic (exact) mass is 178 g/mol. The van der Waals surface area contributed by atoms with E-state index in [0.29, 0.717) is 0 Å². The molecule has 0 aliphatic carbocycles. The highest BCUT2D eigenvalue weighted by atomic mass is 28.4. The molecule has 0 spiro atoms. The van der Waals surface area contributed by atoms with E-state index in [-0.39, 0.29) is 5.79 Å². The van der Waals surface area contributed by atoms with Crippen LogP contribution in [-0.2, 0) is 8.85 Å². The fourth-order valence-corrected chi connectivity index (χ4v) is 2.59. The molecule has 0 fully saturated rings. The van der Waals surface area contributed by atoms with Crippen molar-refractivity contribution in [3.8, 4) is 0 Å². The van der Waals surface area contributed by atoms with Crippen molar-refractivity contribution in [1.82, 2.24) is 0 Å². The van der Waals surface area contributed by atoms with Crippen LogP contribution < -0.4 is 0 Å². The van der Waals surface area contributed by atoms with E-state index >= 15 is 0 Å². The molecular formula is C6H18O2Si2. The minimum Gasteiger partial charge on any atom is -0.403 e. The van der Waals surface area contributed by atoms with Crippen molar-refractivity contribution in [1.29, 1.82) is 0 Å². The summed E-state index contributed by atoms with van der Waals surface area (Å²) >= 11 is 0. The van der Waals surface area contributed by atoms with Crippen molar-refractivity contribution in [2.75, 3.05) is 0 Å². The third kappa shape index (κ3) is 5.16. The minimum absolute atomic E-state index is 0.351. The van der Waals surface area contributed by atoms with Crippen LogP contribution in [0.25, 0.3) is 0 Å². The van der Waals surface area contributed by atoms with E-state index in [2.05, 4.69) is 19.6 Å². The first-order valence-electron chi connectivity index (χ1n) is 3.52. The average molecular weight is 178 g/mol. The molecule has 0 aromatic carbocycles. The highest BCUT2D eigenvalue weighted by Crippen LogP contribution is 2.16. The van der Waals surface area contributed by atoms with Gasteiger partial charge < -0.3 is 8.85 Å². The first-order valence-corrected chi connectivity index (χ1v) is 7.75. The maximum absolute atomic E-state index is 5.73. The van der Waals surface area contributed by atoms with E-state index in [1.54, 1.807) is 0 Å². The van der Waals surface area contributed by atoms with Crippen LogP contribution in [0.15, 0.2) is 0 Å². The first-order chi connectivity index (χ1) is 4.27. The second-order valence-corrected chi connectivity index (χ2v) is 8.66. The van der Waals surface area contributed by atoms with Gasteiger partial charge in [0.25, 0.3) is 0 Å². The fraction of sp³-hybridized carbons (Fsp3) is 1.00. The lowest BCUT2D eigenvalue weighted by atomic mass is 10.4. The van der Waals surface area contributed by atoms with Gasteiger partial charge >= 0.3 is 0 Å². The third-order valence-corrected chi connectivity index (χ3v) is 3.13. The Bertz CT molecular complexity index is 107. The zero-order valence-electron chi connectivity index (χ0n) is 7.82. The molecule has 0 aromatic heterocycles. The van der Waals surface area contributed by atoms with Crippen LogP contribution in [0.2, 0.25) is 19.6 Å². The second-order valence-electron chi connectivity index (χ2n) is 3.82. The van der Waals surface area contributed by atoms with Gasteiger partial charge in [-0.3, -0.25) is 0 Å². The van der Waals surface area contributed by atoms with Gasteiger partial charge in [0.15, 0.2) is 8.32 Å². The molecule has 0 N–H and O–H groups in total. The lowest BCUT2D eigenvalue weighted by Gasteiger charge is -2.31. The number of hydrogen-bond donors (Lipinski definition) is 0. The van der Waals surface area contributed by atoms with Crippen molar-refractivity contribution < 1.29 is 8.85 Å². The molecular weight excluding hydrogens is 160 g/mol. The lowest BCUT2D eigenvalue weighted by molar-refractivity contribution is -0.0833. The van der Waals surface area contributed by atoms with Gasteiger partial charge in [-0.2, -0.15) is 0 Å².